The van der Waals surface area contributed by atoms with E-state index in [-0.39, 0.29) is 5.56 Å². The van der Waals surface area contributed by atoms with Crippen molar-refractivity contribution in [3.05, 3.63) is 61.4 Å². The highest BCUT2D eigenvalue weighted by atomic mass is 79.9. The number of thiophene rings is 1. The molecule has 4 rings (SSSR count). The largest absolute Gasteiger partial charge is 0.305 e. The molecule has 0 aliphatic carbocycles. The molecular weight excluding hydrogens is 441 g/mol. The lowest BCUT2D eigenvalue weighted by atomic mass is 9.92. The number of rotatable bonds is 6. The number of likely N-dealkylation sites (tertiary alicyclic amines) is 1. The van der Waals surface area contributed by atoms with Crippen LogP contribution in [0.2, 0.25) is 0 Å². The minimum atomic E-state index is -0.412. The molecule has 4 heterocycles. The van der Waals surface area contributed by atoms with E-state index in [9.17, 15) is 9.18 Å². The van der Waals surface area contributed by atoms with Crippen LogP contribution in [0.3, 0.4) is 0 Å². The smallest absolute Gasteiger partial charge is 0.251 e. The predicted octanol–water partition coefficient (Wildman–Crippen LogP) is 4.70. The van der Waals surface area contributed by atoms with Gasteiger partial charge in [-0.15, -0.1) is 11.3 Å². The van der Waals surface area contributed by atoms with Gasteiger partial charge in [0.15, 0.2) is 0 Å². The van der Waals surface area contributed by atoms with Crippen LogP contribution >= 0.6 is 27.3 Å². The van der Waals surface area contributed by atoms with Gasteiger partial charge < -0.3 is 9.47 Å². The summed E-state index contributed by atoms with van der Waals surface area (Å²) in [5.74, 6) is 0.362. The summed E-state index contributed by atoms with van der Waals surface area (Å²) in [6.07, 6.45) is 6.00. The second kappa shape index (κ2) is 8.84. The molecule has 0 atom stereocenters. The van der Waals surface area contributed by atoms with Gasteiger partial charge in [-0.1, -0.05) is 0 Å². The minimum Gasteiger partial charge on any atom is -0.305 e. The predicted molar refractivity (Wildman–Crippen MR) is 115 cm³/mol. The number of aromatic nitrogens is 2. The van der Waals surface area contributed by atoms with Crippen molar-refractivity contribution in [3.63, 3.8) is 0 Å². The van der Waals surface area contributed by atoms with Crippen molar-refractivity contribution in [1.82, 2.24) is 14.5 Å². The Labute approximate surface area is 176 Å². The van der Waals surface area contributed by atoms with Gasteiger partial charge in [0.05, 0.1) is 17.2 Å². The van der Waals surface area contributed by atoms with Crippen LogP contribution in [0.4, 0.5) is 4.39 Å². The zero-order chi connectivity index (χ0) is 19.5. The first-order valence-electron chi connectivity index (χ1n) is 9.69. The Kier molecular flexibility index (Phi) is 6.23. The Balaban J connectivity index is 1.31. The number of fused-ring (bicyclic) bond motifs is 1. The average Bonchev–Trinajstić information content (AvgIpc) is 3.12. The molecule has 28 heavy (non-hydrogen) atoms. The maximum absolute atomic E-state index is 13.6. The van der Waals surface area contributed by atoms with Gasteiger partial charge in [-0.3, -0.25) is 9.78 Å². The van der Waals surface area contributed by atoms with Crippen LogP contribution in [0.1, 0.15) is 24.1 Å². The molecule has 0 N–H and O–H groups in total. The molecule has 0 bridgehead atoms. The Bertz CT molecular complexity index is 1010. The maximum atomic E-state index is 13.6. The molecule has 0 unspecified atom stereocenters. The van der Waals surface area contributed by atoms with Crippen LogP contribution in [-0.2, 0) is 13.0 Å². The fourth-order valence-corrected chi connectivity index (χ4v) is 5.42. The lowest BCUT2D eigenvalue weighted by Gasteiger charge is -2.32. The van der Waals surface area contributed by atoms with Gasteiger partial charge in [-0.05, 0) is 72.8 Å². The van der Waals surface area contributed by atoms with Crippen molar-refractivity contribution >= 4 is 38.3 Å². The average molecular weight is 464 g/mol. The third kappa shape index (κ3) is 4.70. The fourth-order valence-electron chi connectivity index (χ4n) is 3.94. The Morgan fingerprint density at radius 3 is 2.79 bits per heavy atom. The van der Waals surface area contributed by atoms with E-state index < -0.39 is 5.82 Å². The summed E-state index contributed by atoms with van der Waals surface area (Å²) >= 11 is 5.35. The van der Waals surface area contributed by atoms with Gasteiger partial charge in [0, 0.05) is 40.0 Å². The third-order valence-corrected chi connectivity index (χ3v) is 7.33. The van der Waals surface area contributed by atoms with Crippen LogP contribution in [0.25, 0.3) is 11.0 Å². The summed E-state index contributed by atoms with van der Waals surface area (Å²) in [4.78, 5) is 20.2. The molecule has 3 aromatic rings. The molecule has 0 saturated carbocycles. The minimum absolute atomic E-state index is 0.100. The molecule has 0 spiro atoms. The van der Waals surface area contributed by atoms with Crippen molar-refractivity contribution in [2.45, 2.75) is 32.2 Å². The summed E-state index contributed by atoms with van der Waals surface area (Å²) in [5, 5.41) is 2.15. The van der Waals surface area contributed by atoms with Crippen molar-refractivity contribution in [2.75, 3.05) is 19.6 Å². The van der Waals surface area contributed by atoms with Crippen molar-refractivity contribution < 1.29 is 4.39 Å². The summed E-state index contributed by atoms with van der Waals surface area (Å²) < 4.78 is 16.4. The molecule has 7 heteroatoms. The van der Waals surface area contributed by atoms with E-state index in [4.69, 9.17) is 0 Å². The van der Waals surface area contributed by atoms with Gasteiger partial charge in [0.25, 0.3) is 5.56 Å². The molecule has 4 nitrogen and oxygen atoms in total. The highest BCUT2D eigenvalue weighted by Gasteiger charge is 2.19. The van der Waals surface area contributed by atoms with E-state index in [1.54, 1.807) is 10.6 Å². The van der Waals surface area contributed by atoms with E-state index >= 15 is 0 Å². The number of piperidine rings is 1. The fraction of sp³-hybridized carbons (Fsp3) is 0.429. The highest BCUT2D eigenvalue weighted by molar-refractivity contribution is 9.10. The van der Waals surface area contributed by atoms with Crippen LogP contribution in [0.15, 0.2) is 45.1 Å². The Morgan fingerprint density at radius 2 is 2.04 bits per heavy atom. The number of hydrogen-bond acceptors (Lipinski definition) is 4. The van der Waals surface area contributed by atoms with Crippen molar-refractivity contribution in [2.24, 2.45) is 5.92 Å². The Hall–Kier alpha value is -1.57. The Morgan fingerprint density at radius 1 is 1.21 bits per heavy atom. The molecule has 1 aliphatic rings. The number of halogens is 2. The summed E-state index contributed by atoms with van der Waals surface area (Å²) in [5.41, 5.74) is 1.13. The van der Waals surface area contributed by atoms with E-state index in [0.29, 0.717) is 17.6 Å². The molecule has 1 fully saturated rings. The van der Waals surface area contributed by atoms with E-state index in [0.717, 1.165) is 32.0 Å². The number of hydrogen-bond donors (Lipinski definition) is 0. The molecule has 0 aromatic carbocycles. The first-order valence-corrected chi connectivity index (χ1v) is 11.4. The van der Waals surface area contributed by atoms with Crippen LogP contribution in [-0.4, -0.2) is 34.1 Å². The molecule has 0 radical (unpaired) electrons. The van der Waals surface area contributed by atoms with Crippen molar-refractivity contribution in [3.8, 4) is 0 Å². The monoisotopic (exact) mass is 463 g/mol. The number of pyridine rings is 2. The molecule has 1 saturated heterocycles. The van der Waals surface area contributed by atoms with Gasteiger partial charge in [0.2, 0.25) is 0 Å². The van der Waals surface area contributed by atoms with Crippen LogP contribution < -0.4 is 5.56 Å². The quantitative estimate of drug-likeness (QED) is 0.531. The van der Waals surface area contributed by atoms with Crippen LogP contribution in [0, 0.1) is 11.7 Å². The highest BCUT2D eigenvalue weighted by Crippen LogP contribution is 2.26. The van der Waals surface area contributed by atoms with E-state index in [1.165, 1.54) is 46.9 Å². The van der Waals surface area contributed by atoms with Crippen LogP contribution in [0.5, 0.6) is 0 Å². The molecular formula is C21H23BrFN3OS. The van der Waals surface area contributed by atoms with Gasteiger partial charge >= 0.3 is 0 Å². The standard InChI is InChI=1S/C21H23BrFN3OS/c22-16-11-18(28-14-16)2-1-15-5-7-25(8-6-15)9-10-26-20-12-17(23)13-24-19(20)3-4-21(26)27/h3-4,11-15H,1-2,5-10H2. The molecule has 1 aliphatic heterocycles. The summed E-state index contributed by atoms with van der Waals surface area (Å²) in [7, 11) is 0. The maximum Gasteiger partial charge on any atom is 0.251 e. The number of nitrogens with zero attached hydrogens (tertiary/aromatic N) is 3. The van der Waals surface area contributed by atoms with Gasteiger partial charge in [0.1, 0.15) is 5.82 Å². The third-order valence-electron chi connectivity index (χ3n) is 5.57. The second-order valence-corrected chi connectivity index (χ2v) is 9.35. The lowest BCUT2D eigenvalue weighted by Crippen LogP contribution is -2.37. The SMILES string of the molecule is O=c1ccc2ncc(F)cc2n1CCN1CCC(CCc2cc(Br)cs2)CC1. The zero-order valence-corrected chi connectivity index (χ0v) is 18.0. The topological polar surface area (TPSA) is 38.1 Å². The van der Waals surface area contributed by atoms with Gasteiger partial charge in [-0.25, -0.2) is 4.39 Å². The first-order chi connectivity index (χ1) is 13.6. The molecule has 3 aromatic heterocycles. The first kappa shape index (κ1) is 19.7. The zero-order valence-electron chi connectivity index (χ0n) is 15.6. The number of aryl methyl sites for hydroxylation is 1. The summed E-state index contributed by atoms with van der Waals surface area (Å²) in [6.45, 7) is 3.49. The van der Waals surface area contributed by atoms with E-state index in [1.807, 2.05) is 11.3 Å². The van der Waals surface area contributed by atoms with Crippen molar-refractivity contribution in [1.29, 1.82) is 0 Å². The molecule has 0 amide bonds. The van der Waals surface area contributed by atoms with E-state index in [2.05, 4.69) is 37.3 Å². The van der Waals surface area contributed by atoms with Gasteiger partial charge in [-0.2, -0.15) is 0 Å². The summed E-state index contributed by atoms with van der Waals surface area (Å²) in [6, 6.07) is 6.80. The second-order valence-electron chi connectivity index (χ2n) is 7.44. The lowest BCUT2D eigenvalue weighted by molar-refractivity contribution is 0.174. The normalized spacial score (nSPS) is 16.1. The molecule has 148 valence electrons.